The number of benzene rings is 2. The minimum atomic E-state index is -3.47. The van der Waals surface area contributed by atoms with Gasteiger partial charge in [-0.25, -0.2) is 13.1 Å². The van der Waals surface area contributed by atoms with E-state index in [1.165, 1.54) is 11.5 Å². The Balaban J connectivity index is 1.50. The van der Waals surface area contributed by atoms with Gasteiger partial charge in [-0.3, -0.25) is 0 Å². The van der Waals surface area contributed by atoms with Crippen molar-refractivity contribution in [2.45, 2.75) is 11.3 Å². The number of anilines is 1. The molecule has 0 atom stereocenters. The predicted octanol–water partition coefficient (Wildman–Crippen LogP) is 3.84. The first kappa shape index (κ1) is 17.3. The predicted molar refractivity (Wildman–Crippen MR) is 102 cm³/mol. The Kier molecular flexibility index (Phi) is 5.50. The topological polar surface area (TPSA) is 71.1 Å². The molecule has 8 heteroatoms. The number of hydrogen-bond donors (Lipinski definition) is 2. The standard InChI is InChI=1S/C16H16BrN3O2S2/c17-12-5-3-6-13(11-12)24(21,22)19-10-4-9-18-16-14-7-1-2-8-15(14)23-20-16/h1-3,5-8,11,19H,4,9-10H2,(H,18,20). The van der Waals surface area contributed by atoms with E-state index in [-0.39, 0.29) is 4.90 Å². The summed E-state index contributed by atoms with van der Waals surface area (Å²) in [5, 5.41) is 4.35. The highest BCUT2D eigenvalue weighted by atomic mass is 79.9. The number of nitrogens with zero attached hydrogens (tertiary/aromatic N) is 1. The summed E-state index contributed by atoms with van der Waals surface area (Å²) < 4.78 is 33.2. The highest BCUT2D eigenvalue weighted by molar-refractivity contribution is 9.10. The van der Waals surface area contributed by atoms with Crippen LogP contribution in [0.4, 0.5) is 5.82 Å². The lowest BCUT2D eigenvalue weighted by molar-refractivity contribution is 0.580. The SMILES string of the molecule is O=S(=O)(NCCCNc1nsc2ccccc12)c1cccc(Br)c1. The van der Waals surface area contributed by atoms with Crippen LogP contribution in [-0.4, -0.2) is 25.9 Å². The van der Waals surface area contributed by atoms with Crippen LogP contribution in [0.15, 0.2) is 57.9 Å². The third-order valence-electron chi connectivity index (χ3n) is 3.42. The van der Waals surface area contributed by atoms with Crippen LogP contribution in [0.5, 0.6) is 0 Å². The summed E-state index contributed by atoms with van der Waals surface area (Å²) >= 11 is 4.73. The first-order valence-corrected chi connectivity index (χ1v) is 10.4. The summed E-state index contributed by atoms with van der Waals surface area (Å²) in [4.78, 5) is 0.260. The van der Waals surface area contributed by atoms with E-state index in [2.05, 4.69) is 30.3 Å². The largest absolute Gasteiger partial charge is 0.369 e. The quantitative estimate of drug-likeness (QED) is 0.564. The summed E-state index contributed by atoms with van der Waals surface area (Å²) in [5.74, 6) is 0.852. The Labute approximate surface area is 153 Å². The van der Waals surface area contributed by atoms with Gasteiger partial charge >= 0.3 is 0 Å². The van der Waals surface area contributed by atoms with Crippen LogP contribution in [0.3, 0.4) is 0 Å². The fourth-order valence-electron chi connectivity index (χ4n) is 2.23. The third-order valence-corrected chi connectivity index (χ3v) is 6.20. The number of sulfonamides is 1. The van der Waals surface area contributed by atoms with E-state index in [4.69, 9.17) is 0 Å². The Bertz CT molecular complexity index is 941. The molecule has 0 radical (unpaired) electrons. The second-order valence-electron chi connectivity index (χ2n) is 5.16. The van der Waals surface area contributed by atoms with Crippen molar-refractivity contribution in [2.75, 3.05) is 18.4 Å². The minimum Gasteiger partial charge on any atom is -0.369 e. The van der Waals surface area contributed by atoms with Crippen LogP contribution >= 0.6 is 27.5 Å². The van der Waals surface area contributed by atoms with Crippen molar-refractivity contribution in [1.29, 1.82) is 0 Å². The van der Waals surface area contributed by atoms with Gasteiger partial charge in [0, 0.05) is 22.9 Å². The number of hydrogen-bond acceptors (Lipinski definition) is 5. The lowest BCUT2D eigenvalue weighted by atomic mass is 10.2. The van der Waals surface area contributed by atoms with Gasteiger partial charge in [0.1, 0.15) is 5.82 Å². The molecular weight excluding hydrogens is 410 g/mol. The van der Waals surface area contributed by atoms with E-state index < -0.39 is 10.0 Å². The van der Waals surface area contributed by atoms with E-state index in [0.717, 1.165) is 20.4 Å². The third kappa shape index (κ3) is 4.13. The molecule has 0 spiro atoms. The molecule has 0 aliphatic rings. The van der Waals surface area contributed by atoms with Crippen molar-refractivity contribution in [3.63, 3.8) is 0 Å². The van der Waals surface area contributed by atoms with Crippen LogP contribution in [0.1, 0.15) is 6.42 Å². The van der Waals surface area contributed by atoms with Crippen LogP contribution < -0.4 is 10.0 Å². The molecule has 126 valence electrons. The fraction of sp³-hybridized carbons (Fsp3) is 0.188. The van der Waals surface area contributed by atoms with E-state index in [0.29, 0.717) is 19.5 Å². The average Bonchev–Trinajstić information content (AvgIpc) is 2.98. The molecule has 0 bridgehead atoms. The van der Waals surface area contributed by atoms with Gasteiger partial charge in [-0.1, -0.05) is 34.1 Å². The maximum Gasteiger partial charge on any atom is 0.240 e. The van der Waals surface area contributed by atoms with Crippen LogP contribution in [0.25, 0.3) is 10.1 Å². The van der Waals surface area contributed by atoms with Crippen molar-refractivity contribution < 1.29 is 8.42 Å². The first-order valence-electron chi connectivity index (χ1n) is 7.40. The highest BCUT2D eigenvalue weighted by Gasteiger charge is 2.13. The monoisotopic (exact) mass is 425 g/mol. The van der Waals surface area contributed by atoms with Gasteiger partial charge in [0.2, 0.25) is 10.0 Å². The number of rotatable bonds is 7. The van der Waals surface area contributed by atoms with Crippen LogP contribution in [0.2, 0.25) is 0 Å². The normalized spacial score (nSPS) is 11.7. The second kappa shape index (κ2) is 7.60. The number of nitrogens with one attached hydrogen (secondary N) is 2. The molecule has 0 aliphatic heterocycles. The average molecular weight is 426 g/mol. The van der Waals surface area contributed by atoms with Gasteiger partial charge in [0.25, 0.3) is 0 Å². The van der Waals surface area contributed by atoms with Crippen LogP contribution in [0, 0.1) is 0 Å². The molecule has 0 fully saturated rings. The lowest BCUT2D eigenvalue weighted by Crippen LogP contribution is -2.26. The second-order valence-corrected chi connectivity index (χ2v) is 8.65. The summed E-state index contributed by atoms with van der Waals surface area (Å²) in [5.41, 5.74) is 0. The molecule has 5 nitrogen and oxygen atoms in total. The summed E-state index contributed by atoms with van der Waals surface area (Å²) in [6, 6.07) is 14.7. The van der Waals surface area contributed by atoms with Crippen molar-refractivity contribution in [1.82, 2.24) is 9.10 Å². The summed E-state index contributed by atoms with van der Waals surface area (Å²) in [7, 11) is -3.47. The molecule has 0 amide bonds. The van der Waals surface area contributed by atoms with Gasteiger partial charge < -0.3 is 5.32 Å². The van der Waals surface area contributed by atoms with Crippen molar-refractivity contribution in [3.05, 3.63) is 53.0 Å². The van der Waals surface area contributed by atoms with Crippen molar-refractivity contribution >= 4 is 53.4 Å². The zero-order valence-corrected chi connectivity index (χ0v) is 15.9. The Morgan fingerprint density at radius 1 is 1.08 bits per heavy atom. The molecule has 3 rings (SSSR count). The number of fused-ring (bicyclic) bond motifs is 1. The fourth-order valence-corrected chi connectivity index (χ4v) is 4.66. The molecule has 1 heterocycles. The number of halogens is 1. The zero-order chi connectivity index (χ0) is 17.0. The molecule has 3 aromatic rings. The lowest BCUT2D eigenvalue weighted by Gasteiger charge is -2.08. The van der Waals surface area contributed by atoms with Gasteiger partial charge in [-0.2, -0.15) is 4.37 Å². The molecule has 0 unspecified atom stereocenters. The Morgan fingerprint density at radius 3 is 2.75 bits per heavy atom. The Hall–Kier alpha value is -1.48. The molecule has 0 saturated carbocycles. The van der Waals surface area contributed by atoms with Gasteiger partial charge in [0.15, 0.2) is 0 Å². The molecule has 0 saturated heterocycles. The van der Waals surface area contributed by atoms with E-state index in [1.54, 1.807) is 24.3 Å². The highest BCUT2D eigenvalue weighted by Crippen LogP contribution is 2.25. The number of aromatic nitrogens is 1. The molecule has 2 aromatic carbocycles. The maximum atomic E-state index is 12.2. The summed E-state index contributed by atoms with van der Waals surface area (Å²) in [6.07, 6.45) is 0.666. The maximum absolute atomic E-state index is 12.2. The Morgan fingerprint density at radius 2 is 1.92 bits per heavy atom. The van der Waals surface area contributed by atoms with Gasteiger partial charge in [0.05, 0.1) is 9.60 Å². The van der Waals surface area contributed by atoms with E-state index >= 15 is 0 Å². The smallest absolute Gasteiger partial charge is 0.240 e. The van der Waals surface area contributed by atoms with Gasteiger partial charge in [-0.05, 0) is 48.3 Å². The van der Waals surface area contributed by atoms with Crippen molar-refractivity contribution in [3.8, 4) is 0 Å². The van der Waals surface area contributed by atoms with Gasteiger partial charge in [-0.15, -0.1) is 0 Å². The molecule has 24 heavy (non-hydrogen) atoms. The molecule has 1 aromatic heterocycles. The molecular formula is C16H16BrN3O2S2. The molecule has 0 aliphatic carbocycles. The van der Waals surface area contributed by atoms with Crippen molar-refractivity contribution in [2.24, 2.45) is 0 Å². The zero-order valence-electron chi connectivity index (χ0n) is 12.7. The first-order chi connectivity index (χ1) is 11.6. The minimum absolute atomic E-state index is 0.260. The summed E-state index contributed by atoms with van der Waals surface area (Å²) in [6.45, 7) is 1.01. The van der Waals surface area contributed by atoms with E-state index in [1.807, 2.05) is 24.3 Å². The molecule has 2 N–H and O–H groups in total. The van der Waals surface area contributed by atoms with E-state index in [9.17, 15) is 8.42 Å². The van der Waals surface area contributed by atoms with Crippen LogP contribution in [-0.2, 0) is 10.0 Å².